The monoisotopic (exact) mass is 403 g/mol. The molecule has 0 bridgehead atoms. The molecule has 0 amide bonds. The highest BCUT2D eigenvalue weighted by atomic mass is 31.1. The molecule has 1 heterocycles. The van der Waals surface area contributed by atoms with E-state index >= 15 is 0 Å². The highest BCUT2D eigenvalue weighted by Crippen LogP contribution is 2.18. The summed E-state index contributed by atoms with van der Waals surface area (Å²) in [5, 5.41) is 0. The molecule has 1 saturated heterocycles. The second-order valence-corrected chi connectivity index (χ2v) is 7.96. The topological polar surface area (TPSA) is 84.3 Å². The van der Waals surface area contributed by atoms with Crippen molar-refractivity contribution in [2.45, 2.75) is 20.4 Å². The second kappa shape index (κ2) is 13.4. The van der Waals surface area contributed by atoms with Crippen LogP contribution in [0.2, 0.25) is 0 Å². The summed E-state index contributed by atoms with van der Waals surface area (Å²) in [6, 6.07) is 10.2. The Bertz CT molecular complexity index is 520. The zero-order chi connectivity index (χ0) is 19.4. The zero-order valence-electron chi connectivity index (χ0n) is 15.7. The molecular weight excluding hydrogens is 372 g/mol. The Kier molecular flexibility index (Phi) is 12.0. The molecule has 1 aromatic rings. The van der Waals surface area contributed by atoms with Crippen LogP contribution in [-0.2, 0) is 15.7 Å². The maximum Gasteiger partial charge on any atom is 0.521 e. The number of hydrogen-bond donors (Lipinski definition) is 2. The summed E-state index contributed by atoms with van der Waals surface area (Å²) in [6.45, 7) is 9.10. The molecule has 0 spiro atoms. The van der Waals surface area contributed by atoms with E-state index in [1.165, 1.54) is 5.56 Å². The van der Waals surface area contributed by atoms with E-state index in [4.69, 9.17) is 0 Å². The molecule has 2 atom stereocenters. The van der Waals surface area contributed by atoms with Gasteiger partial charge in [-0.3, -0.25) is 14.7 Å². The Morgan fingerprint density at radius 2 is 1.15 bits per heavy atom. The first-order valence-corrected chi connectivity index (χ1v) is 11.8. The third-order valence-corrected chi connectivity index (χ3v) is 5.37. The molecule has 146 valence electrons. The summed E-state index contributed by atoms with van der Waals surface area (Å²) >= 11 is 0. The molecule has 1 aliphatic rings. The smallest absolute Gasteiger partial charge is 0.297 e. The van der Waals surface area contributed by atoms with Crippen LogP contribution in [-0.4, -0.2) is 76.3 Å². The number of benzene rings is 1. The van der Waals surface area contributed by atoms with Gasteiger partial charge in [0.1, 0.15) is 0 Å². The Morgan fingerprint density at radius 1 is 0.769 bits per heavy atom. The summed E-state index contributed by atoms with van der Waals surface area (Å²) in [4.78, 5) is 24.6. The van der Waals surface area contributed by atoms with Gasteiger partial charge in [-0.2, -0.15) is 9.79 Å². The van der Waals surface area contributed by atoms with Crippen molar-refractivity contribution in [1.29, 1.82) is 0 Å². The van der Waals surface area contributed by atoms with Gasteiger partial charge >= 0.3 is 16.1 Å². The van der Waals surface area contributed by atoms with Gasteiger partial charge in [0.15, 0.2) is 0 Å². The van der Waals surface area contributed by atoms with E-state index in [0.29, 0.717) is 26.2 Å². The van der Waals surface area contributed by atoms with E-state index in [9.17, 15) is 18.9 Å². The van der Waals surface area contributed by atoms with Crippen LogP contribution in [0.15, 0.2) is 30.3 Å². The quantitative estimate of drug-likeness (QED) is 0.706. The number of rotatable bonds is 6. The van der Waals surface area contributed by atoms with E-state index in [1.807, 2.05) is 41.8 Å². The van der Waals surface area contributed by atoms with Crippen LogP contribution < -0.4 is 0 Å². The van der Waals surface area contributed by atoms with Crippen molar-refractivity contribution in [3.05, 3.63) is 35.9 Å². The molecule has 0 saturated carbocycles. The summed E-state index contributed by atoms with van der Waals surface area (Å²) in [5.74, 6) is 0. The zero-order valence-corrected chi connectivity index (χ0v) is 17.5. The van der Waals surface area contributed by atoms with Gasteiger partial charge in [-0.05, 0) is 14.7 Å². The predicted octanol–water partition coefficient (Wildman–Crippen LogP) is 2.52. The van der Waals surface area contributed by atoms with Crippen LogP contribution in [0.25, 0.3) is 0 Å². The van der Waals surface area contributed by atoms with Crippen LogP contribution in [0, 0.1) is 0 Å². The minimum Gasteiger partial charge on any atom is -0.297 e. The van der Waals surface area contributed by atoms with Crippen LogP contribution in [0.4, 0.5) is 0 Å². The first-order valence-electron chi connectivity index (χ1n) is 9.01. The second-order valence-electron chi connectivity index (χ2n) is 5.98. The molecule has 0 aliphatic carbocycles. The third kappa shape index (κ3) is 9.79. The summed E-state index contributed by atoms with van der Waals surface area (Å²) in [5.41, 5.74) is 1.22. The molecule has 9 heteroatoms. The lowest BCUT2D eigenvalue weighted by Gasteiger charge is -2.24. The summed E-state index contributed by atoms with van der Waals surface area (Å²) < 4.78 is 22.4. The molecular formula is C17H31N3O4P2+2. The Hall–Kier alpha value is -0.780. The van der Waals surface area contributed by atoms with Crippen molar-refractivity contribution < 1.29 is 18.9 Å². The van der Waals surface area contributed by atoms with Gasteiger partial charge in [0.05, 0.1) is 0 Å². The maximum absolute atomic E-state index is 11.2. The predicted molar refractivity (Wildman–Crippen MR) is 106 cm³/mol. The van der Waals surface area contributed by atoms with Crippen molar-refractivity contribution in [2.75, 3.05) is 51.8 Å². The number of hydrogen-bond acceptors (Lipinski definition) is 5. The van der Waals surface area contributed by atoms with Gasteiger partial charge in [-0.15, -0.1) is 0 Å². The average Bonchev–Trinajstić information content (AvgIpc) is 2.70. The van der Waals surface area contributed by atoms with Gasteiger partial charge < -0.3 is 0 Å². The van der Waals surface area contributed by atoms with Crippen molar-refractivity contribution >= 4 is 16.1 Å². The minimum absolute atomic E-state index is 0.146. The van der Waals surface area contributed by atoms with Crippen LogP contribution in [0.3, 0.4) is 0 Å². The molecule has 1 aliphatic heterocycles. The normalized spacial score (nSPS) is 18.8. The van der Waals surface area contributed by atoms with Crippen molar-refractivity contribution in [2.24, 2.45) is 0 Å². The standard InChI is InChI=1S/C15H23N3O4P2.C2H6/c19-23(20)13-17-8-6-16(12-15-4-2-1-3-5-15)7-9-18(11-10-17)14-24(21)22;1-2/h1-5H,6-14H2;1-2H3/p+2. The lowest BCUT2D eigenvalue weighted by atomic mass is 10.2. The Balaban J connectivity index is 0.00000163. The largest absolute Gasteiger partial charge is 0.521 e. The SMILES string of the molecule is CC.O=[P+](O)CN1CCN(Cc2ccccc2)CCN(C[P+](=O)O)CC1. The molecule has 1 fully saturated rings. The molecule has 0 aromatic heterocycles. The summed E-state index contributed by atoms with van der Waals surface area (Å²) in [7, 11) is -4.43. The summed E-state index contributed by atoms with van der Waals surface area (Å²) in [6.07, 6.45) is 0.293. The first kappa shape index (κ1) is 23.3. The van der Waals surface area contributed by atoms with E-state index in [2.05, 4.69) is 17.0 Å². The highest BCUT2D eigenvalue weighted by molar-refractivity contribution is 7.38. The lowest BCUT2D eigenvalue weighted by molar-refractivity contribution is 0.222. The van der Waals surface area contributed by atoms with E-state index in [1.54, 1.807) is 0 Å². The molecule has 1 aromatic carbocycles. The minimum atomic E-state index is -2.21. The van der Waals surface area contributed by atoms with Crippen molar-refractivity contribution in [1.82, 2.24) is 14.7 Å². The third-order valence-electron chi connectivity index (χ3n) is 4.09. The van der Waals surface area contributed by atoms with Gasteiger partial charge in [-0.1, -0.05) is 44.2 Å². The van der Waals surface area contributed by atoms with E-state index < -0.39 is 16.1 Å². The lowest BCUT2D eigenvalue weighted by Crippen LogP contribution is -2.35. The number of nitrogens with zero attached hydrogens (tertiary/aromatic N) is 3. The fraction of sp³-hybridized carbons (Fsp3) is 0.647. The maximum atomic E-state index is 11.2. The fourth-order valence-electron chi connectivity index (χ4n) is 2.81. The van der Waals surface area contributed by atoms with Crippen LogP contribution >= 0.6 is 16.1 Å². The van der Waals surface area contributed by atoms with Crippen LogP contribution in [0.5, 0.6) is 0 Å². The van der Waals surface area contributed by atoms with E-state index in [0.717, 1.165) is 19.6 Å². The molecule has 2 unspecified atom stereocenters. The fourth-order valence-corrected chi connectivity index (χ4v) is 4.06. The Labute approximate surface area is 158 Å². The van der Waals surface area contributed by atoms with E-state index in [-0.39, 0.29) is 12.6 Å². The van der Waals surface area contributed by atoms with Crippen LogP contribution in [0.1, 0.15) is 19.4 Å². The van der Waals surface area contributed by atoms with Gasteiger partial charge in [0.25, 0.3) is 0 Å². The molecule has 2 N–H and O–H groups in total. The van der Waals surface area contributed by atoms with Crippen molar-refractivity contribution in [3.63, 3.8) is 0 Å². The van der Waals surface area contributed by atoms with Gasteiger partial charge in [0.2, 0.25) is 12.6 Å². The molecule has 26 heavy (non-hydrogen) atoms. The first-order chi connectivity index (χ1) is 12.5. The molecule has 7 nitrogen and oxygen atoms in total. The highest BCUT2D eigenvalue weighted by Gasteiger charge is 2.25. The molecule has 0 radical (unpaired) electrons. The van der Waals surface area contributed by atoms with Crippen molar-refractivity contribution in [3.8, 4) is 0 Å². The average molecular weight is 403 g/mol. The van der Waals surface area contributed by atoms with Gasteiger partial charge in [0, 0.05) is 45.8 Å². The van der Waals surface area contributed by atoms with Gasteiger partial charge in [-0.25, -0.2) is 0 Å². The molecule has 2 rings (SSSR count). The Morgan fingerprint density at radius 3 is 1.54 bits per heavy atom.